The summed E-state index contributed by atoms with van der Waals surface area (Å²) in [7, 11) is 0. The van der Waals surface area contributed by atoms with Crippen LogP contribution in [0.15, 0.2) is 47.1 Å². The fraction of sp³-hybridized carbons (Fsp3) is 0.368. The monoisotopic (exact) mass is 374 g/mol. The third-order valence-corrected chi connectivity index (χ3v) is 4.90. The summed E-state index contributed by atoms with van der Waals surface area (Å²) in [4.78, 5) is 25.1. The number of benzene rings is 1. The zero-order valence-corrected chi connectivity index (χ0v) is 15.4. The summed E-state index contributed by atoms with van der Waals surface area (Å²) in [5.41, 5.74) is 0.966. The molecule has 2 aromatic rings. The number of ether oxygens (including phenoxy) is 1. The van der Waals surface area contributed by atoms with Gasteiger partial charge in [0.1, 0.15) is 11.8 Å². The number of carbonyl (C=O) groups excluding carboxylic acids is 2. The molecule has 0 radical (unpaired) electrons. The number of hydrogen-bond donors (Lipinski definition) is 2. The van der Waals surface area contributed by atoms with Crippen LogP contribution in [0.4, 0.5) is 0 Å². The van der Waals surface area contributed by atoms with Crippen molar-refractivity contribution in [2.75, 3.05) is 18.6 Å². The van der Waals surface area contributed by atoms with Gasteiger partial charge in [0.15, 0.2) is 5.76 Å². The molecule has 0 aliphatic carbocycles. The summed E-state index contributed by atoms with van der Waals surface area (Å²) >= 11 is 1.63. The van der Waals surface area contributed by atoms with E-state index in [4.69, 9.17) is 9.15 Å². The fourth-order valence-corrected chi connectivity index (χ4v) is 3.38. The lowest BCUT2D eigenvalue weighted by atomic mass is 10.00. The van der Waals surface area contributed by atoms with Gasteiger partial charge in [-0.2, -0.15) is 11.8 Å². The Balaban J connectivity index is 1.69. The van der Waals surface area contributed by atoms with Gasteiger partial charge in [0, 0.05) is 12.0 Å². The summed E-state index contributed by atoms with van der Waals surface area (Å²) in [5, 5.41) is 5.84. The third kappa shape index (κ3) is 4.40. The summed E-state index contributed by atoms with van der Waals surface area (Å²) in [6.07, 6.45) is 4.65. The quantitative estimate of drug-likeness (QED) is 0.779. The van der Waals surface area contributed by atoms with Crippen LogP contribution in [0.25, 0.3) is 0 Å². The topological polar surface area (TPSA) is 80.6 Å². The van der Waals surface area contributed by atoms with Crippen molar-refractivity contribution >= 4 is 23.6 Å². The molecule has 1 aliphatic heterocycles. The fourth-order valence-electron chi connectivity index (χ4n) is 2.91. The molecule has 0 saturated carbocycles. The van der Waals surface area contributed by atoms with Crippen LogP contribution in [0, 0.1) is 0 Å². The molecule has 26 heavy (non-hydrogen) atoms. The highest BCUT2D eigenvalue weighted by Gasteiger charge is 2.27. The van der Waals surface area contributed by atoms with Crippen molar-refractivity contribution < 1.29 is 18.7 Å². The average molecular weight is 374 g/mol. The van der Waals surface area contributed by atoms with Gasteiger partial charge in [0.2, 0.25) is 5.91 Å². The van der Waals surface area contributed by atoms with Gasteiger partial charge in [-0.1, -0.05) is 18.2 Å². The smallest absolute Gasteiger partial charge is 0.287 e. The van der Waals surface area contributed by atoms with Crippen LogP contribution in [-0.2, 0) is 4.79 Å². The zero-order chi connectivity index (χ0) is 18.4. The van der Waals surface area contributed by atoms with Gasteiger partial charge < -0.3 is 19.8 Å². The Morgan fingerprint density at radius 2 is 2.12 bits per heavy atom. The second-order valence-corrected chi connectivity index (χ2v) is 7.01. The molecule has 3 rings (SSSR count). The largest absolute Gasteiger partial charge is 0.493 e. The maximum absolute atomic E-state index is 12.8. The molecule has 2 heterocycles. The molecule has 2 atom stereocenters. The Labute approximate surface area is 156 Å². The molecule has 2 amide bonds. The van der Waals surface area contributed by atoms with Crippen LogP contribution in [-0.4, -0.2) is 36.5 Å². The molecular weight excluding hydrogens is 352 g/mol. The number of thioether (sulfide) groups is 1. The molecule has 6 nitrogen and oxygen atoms in total. The Hall–Kier alpha value is -2.41. The van der Waals surface area contributed by atoms with Crippen molar-refractivity contribution in [1.82, 2.24) is 10.6 Å². The molecule has 1 aromatic heterocycles. The lowest BCUT2D eigenvalue weighted by molar-refractivity contribution is -0.124. The number of fused-ring (bicyclic) bond motifs is 1. The number of carbonyl (C=O) groups is 2. The highest BCUT2D eigenvalue weighted by atomic mass is 32.2. The van der Waals surface area contributed by atoms with E-state index in [1.165, 1.54) is 6.26 Å². The van der Waals surface area contributed by atoms with Crippen LogP contribution in [0.1, 0.15) is 35.0 Å². The minimum absolute atomic E-state index is 0.121. The normalized spacial score (nSPS) is 16.9. The van der Waals surface area contributed by atoms with E-state index < -0.39 is 6.04 Å². The van der Waals surface area contributed by atoms with E-state index in [0.29, 0.717) is 19.4 Å². The Morgan fingerprint density at radius 1 is 1.27 bits per heavy atom. The minimum Gasteiger partial charge on any atom is -0.493 e. The second-order valence-electron chi connectivity index (χ2n) is 6.02. The Kier molecular flexibility index (Phi) is 6.22. The Bertz CT molecular complexity index is 748. The van der Waals surface area contributed by atoms with Gasteiger partial charge in [0.05, 0.1) is 18.9 Å². The molecular formula is C19H22N2O4S. The van der Waals surface area contributed by atoms with Gasteiger partial charge in [-0.25, -0.2) is 0 Å². The van der Waals surface area contributed by atoms with Crippen molar-refractivity contribution in [3.8, 4) is 5.75 Å². The first-order valence-corrected chi connectivity index (χ1v) is 9.94. The standard InChI is InChI=1S/C19H22N2O4S/c1-26-12-9-15(21-19(23)17-7-4-10-24-17)18(22)20-14-8-11-25-16-6-3-2-5-13(14)16/h2-7,10,14-15H,8-9,11-12H2,1H3,(H,20,22)(H,21,23)/t14-,15+/m1/s1. The minimum atomic E-state index is -0.616. The number of nitrogens with one attached hydrogen (secondary N) is 2. The van der Waals surface area contributed by atoms with Gasteiger partial charge in [-0.15, -0.1) is 0 Å². The van der Waals surface area contributed by atoms with Crippen molar-refractivity contribution in [1.29, 1.82) is 0 Å². The van der Waals surface area contributed by atoms with Gasteiger partial charge in [-0.05, 0) is 36.6 Å². The first kappa shape index (κ1) is 18.4. The van der Waals surface area contributed by atoms with E-state index in [9.17, 15) is 9.59 Å². The summed E-state index contributed by atoms with van der Waals surface area (Å²) in [6.45, 7) is 0.552. The van der Waals surface area contributed by atoms with Gasteiger partial charge in [0.25, 0.3) is 5.91 Å². The second kappa shape index (κ2) is 8.80. The first-order chi connectivity index (χ1) is 12.7. The number of rotatable bonds is 7. The van der Waals surface area contributed by atoms with Crippen LogP contribution < -0.4 is 15.4 Å². The molecule has 138 valence electrons. The molecule has 7 heteroatoms. The van der Waals surface area contributed by atoms with Crippen molar-refractivity contribution in [3.05, 3.63) is 54.0 Å². The maximum atomic E-state index is 12.8. The molecule has 0 unspecified atom stereocenters. The summed E-state index contributed by atoms with van der Waals surface area (Å²) < 4.78 is 10.7. The van der Waals surface area contributed by atoms with E-state index in [1.54, 1.807) is 23.9 Å². The predicted octanol–water partition coefficient (Wildman–Crippen LogP) is 2.77. The Morgan fingerprint density at radius 3 is 2.88 bits per heavy atom. The van der Waals surface area contributed by atoms with Gasteiger partial charge >= 0.3 is 0 Å². The summed E-state index contributed by atoms with van der Waals surface area (Å²) in [6, 6.07) is 10.2. The van der Waals surface area contributed by atoms with E-state index in [0.717, 1.165) is 17.1 Å². The number of furan rings is 1. The van der Waals surface area contributed by atoms with E-state index in [-0.39, 0.29) is 23.6 Å². The molecule has 0 saturated heterocycles. The van der Waals surface area contributed by atoms with Crippen molar-refractivity contribution in [3.63, 3.8) is 0 Å². The molecule has 0 fully saturated rings. The molecule has 0 bridgehead atoms. The maximum Gasteiger partial charge on any atom is 0.287 e. The lowest BCUT2D eigenvalue weighted by Gasteiger charge is -2.28. The first-order valence-electron chi connectivity index (χ1n) is 8.54. The number of para-hydroxylation sites is 1. The highest BCUT2D eigenvalue weighted by molar-refractivity contribution is 7.98. The third-order valence-electron chi connectivity index (χ3n) is 4.25. The van der Waals surface area contributed by atoms with Crippen LogP contribution in [0.3, 0.4) is 0 Å². The van der Waals surface area contributed by atoms with E-state index in [1.807, 2.05) is 30.5 Å². The average Bonchev–Trinajstić information content (AvgIpc) is 3.20. The van der Waals surface area contributed by atoms with Crippen molar-refractivity contribution in [2.45, 2.75) is 24.9 Å². The molecule has 1 aliphatic rings. The van der Waals surface area contributed by atoms with Crippen molar-refractivity contribution in [2.24, 2.45) is 0 Å². The predicted molar refractivity (Wildman–Crippen MR) is 100 cm³/mol. The summed E-state index contributed by atoms with van der Waals surface area (Å²) in [5.74, 6) is 1.18. The molecule has 2 N–H and O–H groups in total. The molecule has 0 spiro atoms. The van der Waals surface area contributed by atoms with Crippen LogP contribution >= 0.6 is 11.8 Å². The van der Waals surface area contributed by atoms with Crippen LogP contribution in [0.5, 0.6) is 5.75 Å². The molecule has 1 aromatic carbocycles. The zero-order valence-electron chi connectivity index (χ0n) is 14.6. The number of hydrogen-bond acceptors (Lipinski definition) is 5. The lowest BCUT2D eigenvalue weighted by Crippen LogP contribution is -2.48. The van der Waals surface area contributed by atoms with Crippen LogP contribution in [0.2, 0.25) is 0 Å². The van der Waals surface area contributed by atoms with E-state index >= 15 is 0 Å². The number of amides is 2. The van der Waals surface area contributed by atoms with E-state index in [2.05, 4.69) is 10.6 Å². The highest BCUT2D eigenvalue weighted by Crippen LogP contribution is 2.31. The van der Waals surface area contributed by atoms with Gasteiger partial charge in [-0.3, -0.25) is 9.59 Å². The SMILES string of the molecule is CSCC[C@H](NC(=O)c1ccco1)C(=O)N[C@@H]1CCOc2ccccc21.